The Bertz CT molecular complexity index is 1200. The highest BCUT2D eigenvalue weighted by molar-refractivity contribution is 6.07. The Labute approximate surface area is 204 Å². The molecule has 0 saturated carbocycles. The molecule has 0 radical (unpaired) electrons. The monoisotopic (exact) mass is 508 g/mol. The number of hydrogen-bond acceptors (Lipinski definition) is 8. The fourth-order valence-electron chi connectivity index (χ4n) is 3.37. The van der Waals surface area contributed by atoms with Gasteiger partial charge in [0.15, 0.2) is 11.4 Å². The number of primary amides is 1. The Balaban J connectivity index is 0.00000176. The molecule has 0 unspecified atom stereocenters. The van der Waals surface area contributed by atoms with Crippen molar-refractivity contribution in [1.82, 2.24) is 24.6 Å². The van der Waals surface area contributed by atoms with Gasteiger partial charge in [0.05, 0.1) is 11.7 Å². The van der Waals surface area contributed by atoms with E-state index in [4.69, 9.17) is 10.2 Å². The van der Waals surface area contributed by atoms with Gasteiger partial charge in [0.2, 0.25) is 5.89 Å². The Hall–Kier alpha value is -3.94. The van der Waals surface area contributed by atoms with Crippen molar-refractivity contribution in [1.29, 1.82) is 0 Å². The van der Waals surface area contributed by atoms with Gasteiger partial charge in [0.1, 0.15) is 18.6 Å². The number of nitrogens with two attached hydrogens (primary N) is 1. The zero-order valence-electron chi connectivity index (χ0n) is 20.0. The zero-order chi connectivity index (χ0) is 26.5. The summed E-state index contributed by atoms with van der Waals surface area (Å²) < 4.78 is 44.2. The molecular formula is C22H27F3N8O3. The lowest BCUT2D eigenvalue weighted by atomic mass is 10.1. The van der Waals surface area contributed by atoms with Crippen LogP contribution in [0.5, 0.6) is 0 Å². The van der Waals surface area contributed by atoms with E-state index in [9.17, 15) is 22.8 Å². The molecule has 1 fully saturated rings. The molecule has 0 atom stereocenters. The third kappa shape index (κ3) is 6.38. The number of rotatable bonds is 8. The van der Waals surface area contributed by atoms with Gasteiger partial charge in [-0.05, 0) is 18.7 Å². The van der Waals surface area contributed by atoms with Gasteiger partial charge >= 0.3 is 6.18 Å². The maximum atomic E-state index is 12.7. The summed E-state index contributed by atoms with van der Waals surface area (Å²) in [6.45, 7) is 7.22. The van der Waals surface area contributed by atoms with E-state index in [2.05, 4.69) is 30.6 Å². The molecule has 11 nitrogen and oxygen atoms in total. The number of aromatic nitrogens is 4. The number of likely N-dealkylation sites (tertiary alicyclic amines) is 1. The second-order valence-corrected chi connectivity index (χ2v) is 7.63. The molecule has 0 spiro atoms. The molecule has 4 heterocycles. The van der Waals surface area contributed by atoms with E-state index >= 15 is 0 Å². The number of halogens is 3. The zero-order valence-corrected chi connectivity index (χ0v) is 20.0. The summed E-state index contributed by atoms with van der Waals surface area (Å²) in [5.41, 5.74) is 5.67. The van der Waals surface area contributed by atoms with Gasteiger partial charge in [-0.15, -0.1) is 0 Å². The molecule has 4 rings (SSSR count). The number of hydrogen-bond donors (Lipinski definition) is 3. The first-order valence-corrected chi connectivity index (χ1v) is 11.3. The average molecular weight is 509 g/mol. The summed E-state index contributed by atoms with van der Waals surface area (Å²) in [6, 6.07) is 2.85. The molecule has 0 aromatic carbocycles. The molecule has 0 aliphatic carbocycles. The fourth-order valence-corrected chi connectivity index (χ4v) is 3.37. The third-order valence-electron chi connectivity index (χ3n) is 5.19. The molecule has 194 valence electrons. The van der Waals surface area contributed by atoms with Crippen molar-refractivity contribution in [2.45, 2.75) is 33.0 Å². The number of likely N-dealkylation sites (N-methyl/N-ethyl adjacent to an activating group) is 1. The van der Waals surface area contributed by atoms with E-state index in [1.165, 1.54) is 24.5 Å². The smallest absolute Gasteiger partial charge is 0.405 e. The molecule has 14 heteroatoms. The van der Waals surface area contributed by atoms with E-state index in [1.54, 1.807) is 4.68 Å². The largest absolute Gasteiger partial charge is 0.444 e. The molecule has 1 saturated heterocycles. The SMILES string of the molecule is CC.CCN1CC(n2cc(NC(=O)c3coc(-c4ccnc(NCC(F)(F)F)c4)n3)c(C(N)=O)n2)C1. The third-order valence-corrected chi connectivity index (χ3v) is 5.19. The summed E-state index contributed by atoms with van der Waals surface area (Å²) in [4.78, 5) is 34.6. The van der Waals surface area contributed by atoms with Crippen LogP contribution in [0, 0.1) is 0 Å². The number of carbonyl (C=O) groups excluding carboxylic acids is 2. The van der Waals surface area contributed by atoms with Crippen molar-refractivity contribution in [3.8, 4) is 11.5 Å². The van der Waals surface area contributed by atoms with Crippen molar-refractivity contribution in [2.24, 2.45) is 5.73 Å². The number of pyridine rings is 1. The predicted molar refractivity (Wildman–Crippen MR) is 125 cm³/mol. The maximum absolute atomic E-state index is 12.7. The summed E-state index contributed by atoms with van der Waals surface area (Å²) in [6.07, 6.45) is -0.492. The highest BCUT2D eigenvalue weighted by Crippen LogP contribution is 2.25. The van der Waals surface area contributed by atoms with Crippen molar-refractivity contribution in [3.63, 3.8) is 0 Å². The lowest BCUT2D eigenvalue weighted by Gasteiger charge is -2.38. The summed E-state index contributed by atoms with van der Waals surface area (Å²) in [5, 5.41) is 8.93. The van der Waals surface area contributed by atoms with Crippen LogP contribution in [0.2, 0.25) is 0 Å². The first-order valence-electron chi connectivity index (χ1n) is 11.3. The van der Waals surface area contributed by atoms with Crippen LogP contribution in [0.15, 0.2) is 35.2 Å². The second-order valence-electron chi connectivity index (χ2n) is 7.63. The van der Waals surface area contributed by atoms with E-state index in [-0.39, 0.29) is 34.8 Å². The summed E-state index contributed by atoms with van der Waals surface area (Å²) in [7, 11) is 0. The van der Waals surface area contributed by atoms with Gasteiger partial charge in [-0.1, -0.05) is 20.8 Å². The lowest BCUT2D eigenvalue weighted by Crippen LogP contribution is -2.47. The minimum absolute atomic E-state index is 0.00236. The molecular weight excluding hydrogens is 481 g/mol. The fraction of sp³-hybridized carbons (Fsp3) is 0.409. The van der Waals surface area contributed by atoms with Gasteiger partial charge in [0, 0.05) is 31.0 Å². The standard InChI is InChI=1S/C20H21F3N8O3.C2H6/c1-2-30-6-12(7-30)31-8-13(16(29-31)17(24)32)27-18(33)14-9-34-19(28-14)11-3-4-25-15(5-11)26-10-20(21,22)23;1-2/h3-5,8-9,12H,2,6-7,10H2,1H3,(H2,24,32)(H,25,26)(H,27,33);1-2H3. The number of oxazole rings is 1. The van der Waals surface area contributed by atoms with Crippen LogP contribution in [-0.4, -0.2) is 68.8 Å². The Morgan fingerprint density at radius 1 is 1.28 bits per heavy atom. The van der Waals surface area contributed by atoms with Gasteiger partial charge in [-0.3, -0.25) is 19.2 Å². The molecule has 3 aromatic heterocycles. The Morgan fingerprint density at radius 2 is 2.00 bits per heavy atom. The predicted octanol–water partition coefficient (Wildman–Crippen LogP) is 3.16. The van der Waals surface area contributed by atoms with Crippen molar-refractivity contribution in [2.75, 3.05) is 36.8 Å². The van der Waals surface area contributed by atoms with E-state index < -0.39 is 24.5 Å². The number of alkyl halides is 3. The number of nitrogens with one attached hydrogen (secondary N) is 2. The van der Waals surface area contributed by atoms with Crippen LogP contribution >= 0.6 is 0 Å². The van der Waals surface area contributed by atoms with Gasteiger partial charge in [0.25, 0.3) is 11.8 Å². The average Bonchev–Trinajstić information content (AvgIpc) is 3.46. The van der Waals surface area contributed by atoms with Gasteiger partial charge in [-0.25, -0.2) is 9.97 Å². The van der Waals surface area contributed by atoms with Crippen molar-refractivity contribution in [3.05, 3.63) is 42.2 Å². The number of nitrogens with zero attached hydrogens (tertiary/aromatic N) is 5. The highest BCUT2D eigenvalue weighted by Gasteiger charge is 2.30. The second kappa shape index (κ2) is 11.2. The molecule has 1 aliphatic rings. The minimum atomic E-state index is -4.41. The van der Waals surface area contributed by atoms with E-state index in [1.807, 2.05) is 20.8 Å². The quantitative estimate of drug-likeness (QED) is 0.421. The van der Waals surface area contributed by atoms with Crippen molar-refractivity contribution >= 4 is 23.3 Å². The molecule has 2 amide bonds. The molecule has 3 aromatic rings. The van der Waals surface area contributed by atoms with Gasteiger partial charge < -0.3 is 20.8 Å². The van der Waals surface area contributed by atoms with Crippen LogP contribution < -0.4 is 16.4 Å². The Morgan fingerprint density at radius 3 is 2.64 bits per heavy atom. The highest BCUT2D eigenvalue weighted by atomic mass is 19.4. The topological polar surface area (TPSA) is 144 Å². The van der Waals surface area contributed by atoms with Crippen molar-refractivity contribution < 1.29 is 27.2 Å². The number of carbonyl (C=O) groups is 2. The molecule has 4 N–H and O–H groups in total. The number of anilines is 2. The molecule has 1 aliphatic heterocycles. The Kier molecular flexibility index (Phi) is 8.29. The van der Waals surface area contributed by atoms with Crippen LogP contribution in [-0.2, 0) is 0 Å². The molecule has 36 heavy (non-hydrogen) atoms. The van der Waals surface area contributed by atoms with Crippen LogP contribution in [0.1, 0.15) is 47.8 Å². The number of amides is 2. The summed E-state index contributed by atoms with van der Waals surface area (Å²) >= 11 is 0. The van der Waals surface area contributed by atoms with E-state index in [0.29, 0.717) is 5.56 Å². The minimum Gasteiger partial charge on any atom is -0.444 e. The summed E-state index contributed by atoms with van der Waals surface area (Å²) in [5.74, 6) is -1.50. The van der Waals surface area contributed by atoms with Crippen LogP contribution in [0.25, 0.3) is 11.5 Å². The van der Waals surface area contributed by atoms with Crippen LogP contribution in [0.4, 0.5) is 24.7 Å². The first kappa shape index (κ1) is 26.7. The lowest BCUT2D eigenvalue weighted by molar-refractivity contribution is -0.115. The van der Waals surface area contributed by atoms with Gasteiger partial charge in [-0.2, -0.15) is 18.3 Å². The van der Waals surface area contributed by atoms with E-state index in [0.717, 1.165) is 25.9 Å². The normalized spacial score (nSPS) is 13.9. The maximum Gasteiger partial charge on any atom is 0.405 e. The van der Waals surface area contributed by atoms with Crippen LogP contribution in [0.3, 0.4) is 0 Å². The molecule has 0 bridgehead atoms. The first-order chi connectivity index (χ1) is 17.1.